The molecule has 5 aromatic rings. The molecule has 0 saturated carbocycles. The summed E-state index contributed by atoms with van der Waals surface area (Å²) in [6, 6.07) is 35.1. The molecule has 1 aromatic heterocycles. The van der Waals surface area contributed by atoms with Crippen LogP contribution in [0.4, 0.5) is 5.13 Å². The van der Waals surface area contributed by atoms with Crippen molar-refractivity contribution in [1.29, 1.82) is 0 Å². The van der Waals surface area contributed by atoms with Gasteiger partial charge in [-0.2, -0.15) is 5.10 Å². The Kier molecular flexibility index (Phi) is 7.66. The van der Waals surface area contributed by atoms with Crippen LogP contribution in [0, 0.1) is 0 Å². The van der Waals surface area contributed by atoms with Crippen molar-refractivity contribution < 1.29 is 9.53 Å². The number of hydrogen-bond donors (Lipinski definition) is 1. The number of carbonyl (C=O) groups excluding carboxylic acids is 1. The summed E-state index contributed by atoms with van der Waals surface area (Å²) >= 11 is 1.56. The summed E-state index contributed by atoms with van der Waals surface area (Å²) in [4.78, 5) is 18.5. The molecule has 5 rings (SSSR count). The van der Waals surface area contributed by atoms with Gasteiger partial charge in [0, 0.05) is 5.56 Å². The number of hydrogen-bond acceptors (Lipinski definition) is 6. The molecule has 0 fully saturated rings. The molecule has 0 atom stereocenters. The summed E-state index contributed by atoms with van der Waals surface area (Å²) in [5.41, 5.74) is 8.74. The normalized spacial score (nSPS) is 11.5. The van der Waals surface area contributed by atoms with Crippen molar-refractivity contribution in [2.45, 2.75) is 26.2 Å². The van der Waals surface area contributed by atoms with Gasteiger partial charge in [0.2, 0.25) is 5.13 Å². The van der Waals surface area contributed by atoms with Gasteiger partial charge in [0.1, 0.15) is 5.75 Å². The van der Waals surface area contributed by atoms with Crippen LogP contribution < -0.4 is 10.2 Å². The van der Waals surface area contributed by atoms with E-state index in [1.54, 1.807) is 41.8 Å². The lowest BCUT2D eigenvalue weighted by molar-refractivity contribution is 0.0734. The Morgan fingerprint density at radius 1 is 0.821 bits per heavy atom. The molecule has 0 aliphatic rings. The number of nitrogens with zero attached hydrogens (tertiary/aromatic N) is 2. The van der Waals surface area contributed by atoms with Crippen molar-refractivity contribution in [3.8, 4) is 27.4 Å². The number of ether oxygens (including phenoxy) is 1. The lowest BCUT2D eigenvalue weighted by Crippen LogP contribution is -2.12. The smallest absolute Gasteiger partial charge is 0.343 e. The first-order chi connectivity index (χ1) is 18.9. The second-order valence-corrected chi connectivity index (χ2v) is 11.1. The Balaban J connectivity index is 1.25. The fourth-order valence-corrected chi connectivity index (χ4v) is 4.94. The van der Waals surface area contributed by atoms with E-state index >= 15 is 0 Å². The quantitative estimate of drug-likeness (QED) is 0.0990. The van der Waals surface area contributed by atoms with E-state index in [-0.39, 0.29) is 11.4 Å². The molecule has 0 unspecified atom stereocenters. The van der Waals surface area contributed by atoms with E-state index in [2.05, 4.69) is 55.6 Å². The van der Waals surface area contributed by atoms with E-state index in [0.29, 0.717) is 16.4 Å². The molecule has 0 spiro atoms. The van der Waals surface area contributed by atoms with Gasteiger partial charge in [0.25, 0.3) is 0 Å². The molecule has 0 aliphatic carbocycles. The molecule has 4 aromatic carbocycles. The Morgan fingerprint density at radius 2 is 1.44 bits per heavy atom. The maximum absolute atomic E-state index is 12.6. The first-order valence-corrected chi connectivity index (χ1v) is 13.5. The highest BCUT2D eigenvalue weighted by Gasteiger charge is 2.16. The highest BCUT2D eigenvalue weighted by molar-refractivity contribution is 7.19. The van der Waals surface area contributed by atoms with Gasteiger partial charge in [-0.25, -0.2) is 9.78 Å². The van der Waals surface area contributed by atoms with Gasteiger partial charge < -0.3 is 4.74 Å². The van der Waals surface area contributed by atoms with E-state index in [1.807, 2.05) is 60.7 Å². The van der Waals surface area contributed by atoms with Crippen LogP contribution in [0.5, 0.6) is 5.75 Å². The zero-order valence-corrected chi connectivity index (χ0v) is 22.9. The van der Waals surface area contributed by atoms with Gasteiger partial charge in [-0.1, -0.05) is 105 Å². The lowest BCUT2D eigenvalue weighted by atomic mass is 9.87. The van der Waals surface area contributed by atoms with Gasteiger partial charge in [0.05, 0.1) is 22.3 Å². The first-order valence-electron chi connectivity index (χ1n) is 12.7. The molecule has 1 heterocycles. The van der Waals surface area contributed by atoms with Crippen LogP contribution in [0.2, 0.25) is 0 Å². The maximum Gasteiger partial charge on any atom is 0.343 e. The minimum absolute atomic E-state index is 0.0304. The molecule has 194 valence electrons. The second-order valence-electron chi connectivity index (χ2n) is 10.1. The summed E-state index contributed by atoms with van der Waals surface area (Å²) < 4.78 is 5.55. The van der Waals surface area contributed by atoms with Crippen LogP contribution in [0.25, 0.3) is 21.7 Å². The average Bonchev–Trinajstić information content (AvgIpc) is 3.39. The minimum atomic E-state index is -0.384. The van der Waals surface area contributed by atoms with Crippen molar-refractivity contribution in [2.75, 3.05) is 5.43 Å². The average molecular weight is 532 g/mol. The van der Waals surface area contributed by atoms with Crippen molar-refractivity contribution in [1.82, 2.24) is 4.98 Å². The first kappa shape index (κ1) is 26.1. The predicted octanol–water partition coefficient (Wildman–Crippen LogP) is 8.44. The molecule has 0 saturated heterocycles. The molecule has 0 aliphatic heterocycles. The van der Waals surface area contributed by atoms with Gasteiger partial charge in [-0.3, -0.25) is 5.43 Å². The lowest BCUT2D eigenvalue weighted by Gasteiger charge is -2.18. The molecule has 5 nitrogen and oxygen atoms in total. The Hall–Kier alpha value is -4.55. The third-order valence-corrected chi connectivity index (χ3v) is 7.17. The molecule has 0 amide bonds. The van der Waals surface area contributed by atoms with Gasteiger partial charge in [-0.15, -0.1) is 0 Å². The van der Waals surface area contributed by atoms with Crippen molar-refractivity contribution in [3.05, 3.63) is 126 Å². The Labute approximate surface area is 232 Å². The number of esters is 1. The van der Waals surface area contributed by atoms with E-state index in [0.717, 1.165) is 27.3 Å². The molecule has 0 radical (unpaired) electrons. The highest BCUT2D eigenvalue weighted by Crippen LogP contribution is 2.38. The topological polar surface area (TPSA) is 63.6 Å². The van der Waals surface area contributed by atoms with Crippen LogP contribution in [0.1, 0.15) is 42.3 Å². The van der Waals surface area contributed by atoms with Crippen molar-refractivity contribution >= 4 is 28.7 Å². The van der Waals surface area contributed by atoms with E-state index in [1.165, 1.54) is 5.56 Å². The predicted molar refractivity (Wildman–Crippen MR) is 161 cm³/mol. The van der Waals surface area contributed by atoms with Gasteiger partial charge in [0.15, 0.2) is 0 Å². The van der Waals surface area contributed by atoms with Crippen molar-refractivity contribution in [3.63, 3.8) is 0 Å². The fraction of sp³-hybridized carbons (Fsp3) is 0.121. The summed E-state index contributed by atoms with van der Waals surface area (Å²) in [6.45, 7) is 6.42. The Morgan fingerprint density at radius 3 is 2.05 bits per heavy atom. The summed E-state index contributed by atoms with van der Waals surface area (Å²) in [5, 5.41) is 5.09. The third kappa shape index (κ3) is 6.48. The monoisotopic (exact) mass is 531 g/mol. The summed E-state index contributed by atoms with van der Waals surface area (Å²) in [7, 11) is 0. The van der Waals surface area contributed by atoms with Crippen LogP contribution in [-0.2, 0) is 5.41 Å². The van der Waals surface area contributed by atoms with Gasteiger partial charge in [-0.05, 0) is 58.5 Å². The number of aromatic nitrogens is 1. The molecule has 1 N–H and O–H groups in total. The minimum Gasteiger partial charge on any atom is -0.423 e. The molecule has 6 heteroatoms. The number of carbonyl (C=O) groups is 1. The van der Waals surface area contributed by atoms with E-state index in [4.69, 9.17) is 9.72 Å². The van der Waals surface area contributed by atoms with Crippen LogP contribution in [0.15, 0.2) is 114 Å². The highest BCUT2D eigenvalue weighted by atomic mass is 32.1. The zero-order valence-electron chi connectivity index (χ0n) is 22.1. The number of benzene rings is 4. The number of nitrogens with one attached hydrogen (secondary N) is 1. The standard InChI is InChI=1S/C33H29N3O2S/c1-33(2,3)27-18-16-26(17-19-27)31(37)38-28-20-14-23(15-21-28)22-34-36-32-35-29(24-10-6-4-7-11-24)30(39-32)25-12-8-5-9-13-25/h4-22H,1-3H3,(H,35,36)/b34-22-. The third-order valence-electron chi connectivity index (χ3n) is 6.16. The molecule has 39 heavy (non-hydrogen) atoms. The maximum atomic E-state index is 12.6. The van der Waals surface area contributed by atoms with Crippen LogP contribution in [0.3, 0.4) is 0 Å². The van der Waals surface area contributed by atoms with E-state index < -0.39 is 0 Å². The molecule has 0 bridgehead atoms. The SMILES string of the molecule is CC(C)(C)c1ccc(C(=O)Oc2ccc(/C=N\Nc3nc(-c4ccccc4)c(-c4ccccc4)s3)cc2)cc1. The number of anilines is 1. The molecular formula is C33H29N3O2S. The number of rotatable bonds is 7. The zero-order chi connectivity index (χ0) is 27.2. The Bertz CT molecular complexity index is 1510. The number of thiazole rings is 1. The molecular weight excluding hydrogens is 502 g/mol. The largest absolute Gasteiger partial charge is 0.423 e. The fourth-order valence-electron chi connectivity index (χ4n) is 4.00. The van der Waals surface area contributed by atoms with E-state index in [9.17, 15) is 4.79 Å². The van der Waals surface area contributed by atoms with Crippen LogP contribution >= 0.6 is 11.3 Å². The summed E-state index contributed by atoms with van der Waals surface area (Å²) in [5.74, 6) is 0.0932. The summed E-state index contributed by atoms with van der Waals surface area (Å²) in [6.07, 6.45) is 1.71. The van der Waals surface area contributed by atoms with Crippen LogP contribution in [-0.4, -0.2) is 17.2 Å². The second kappa shape index (κ2) is 11.5. The number of hydrazone groups is 1. The van der Waals surface area contributed by atoms with Crippen molar-refractivity contribution in [2.24, 2.45) is 5.10 Å². The van der Waals surface area contributed by atoms with Gasteiger partial charge >= 0.3 is 5.97 Å².